The van der Waals surface area contributed by atoms with Crippen molar-refractivity contribution in [1.82, 2.24) is 10.2 Å². The summed E-state index contributed by atoms with van der Waals surface area (Å²) in [6.07, 6.45) is -0.755. The molecule has 1 unspecified atom stereocenters. The standard InChI is InChI=1S/C15H22F2N2O2/c1-3-19(4-2)15(21)7-8-18-10-14(20)12-6-5-11(16)9-13(12)17/h5-6,9,14,18,20H,3-4,7-8,10H2,1-2H3. The van der Waals surface area contributed by atoms with Gasteiger partial charge in [0, 0.05) is 44.2 Å². The fourth-order valence-corrected chi connectivity index (χ4v) is 2.05. The zero-order chi connectivity index (χ0) is 15.8. The molecule has 0 aliphatic rings. The molecular weight excluding hydrogens is 278 g/mol. The molecule has 1 atom stereocenters. The van der Waals surface area contributed by atoms with E-state index in [-0.39, 0.29) is 18.0 Å². The van der Waals surface area contributed by atoms with Crippen LogP contribution in [0.3, 0.4) is 0 Å². The zero-order valence-electron chi connectivity index (χ0n) is 12.4. The Hall–Kier alpha value is -1.53. The number of rotatable bonds is 8. The molecule has 2 N–H and O–H groups in total. The number of nitrogens with one attached hydrogen (secondary N) is 1. The summed E-state index contributed by atoms with van der Waals surface area (Å²) in [6.45, 7) is 5.66. The summed E-state index contributed by atoms with van der Waals surface area (Å²) in [5.41, 5.74) is 0.0407. The minimum atomic E-state index is -1.07. The van der Waals surface area contributed by atoms with Gasteiger partial charge in [-0.25, -0.2) is 8.78 Å². The second-order valence-corrected chi connectivity index (χ2v) is 4.70. The molecule has 1 aromatic rings. The van der Waals surface area contributed by atoms with Crippen LogP contribution in [0.5, 0.6) is 0 Å². The lowest BCUT2D eigenvalue weighted by Crippen LogP contribution is -2.33. The number of carbonyl (C=O) groups excluding carboxylic acids is 1. The summed E-state index contributed by atoms with van der Waals surface area (Å²) in [6, 6.07) is 3.06. The van der Waals surface area contributed by atoms with Crippen LogP contribution < -0.4 is 5.32 Å². The van der Waals surface area contributed by atoms with E-state index in [0.717, 1.165) is 12.1 Å². The average Bonchev–Trinajstić information content (AvgIpc) is 2.44. The van der Waals surface area contributed by atoms with E-state index < -0.39 is 17.7 Å². The SMILES string of the molecule is CCN(CC)C(=O)CCNCC(O)c1ccc(F)cc1F. The normalized spacial score (nSPS) is 12.2. The van der Waals surface area contributed by atoms with Gasteiger partial charge in [-0.05, 0) is 19.9 Å². The van der Waals surface area contributed by atoms with E-state index in [1.807, 2.05) is 13.8 Å². The van der Waals surface area contributed by atoms with Crippen LogP contribution in [0, 0.1) is 11.6 Å². The van der Waals surface area contributed by atoms with Crippen molar-refractivity contribution in [3.63, 3.8) is 0 Å². The molecule has 0 aliphatic carbocycles. The van der Waals surface area contributed by atoms with E-state index in [0.29, 0.717) is 26.1 Å². The number of hydrogen-bond donors (Lipinski definition) is 2. The van der Waals surface area contributed by atoms with Crippen molar-refractivity contribution in [2.75, 3.05) is 26.2 Å². The van der Waals surface area contributed by atoms with Crippen LogP contribution in [0.4, 0.5) is 8.78 Å². The Bertz CT molecular complexity index is 465. The second kappa shape index (κ2) is 8.69. The van der Waals surface area contributed by atoms with E-state index >= 15 is 0 Å². The quantitative estimate of drug-likeness (QED) is 0.720. The van der Waals surface area contributed by atoms with E-state index in [1.165, 1.54) is 6.07 Å². The molecule has 4 nitrogen and oxygen atoms in total. The molecule has 0 radical (unpaired) electrons. The van der Waals surface area contributed by atoms with Crippen molar-refractivity contribution < 1.29 is 18.7 Å². The molecular formula is C15H22F2N2O2. The Kier molecular flexibility index (Phi) is 7.25. The van der Waals surface area contributed by atoms with Gasteiger partial charge < -0.3 is 15.3 Å². The van der Waals surface area contributed by atoms with Crippen molar-refractivity contribution >= 4 is 5.91 Å². The fraction of sp³-hybridized carbons (Fsp3) is 0.533. The molecule has 0 aliphatic heterocycles. The van der Waals surface area contributed by atoms with Crippen molar-refractivity contribution in [3.05, 3.63) is 35.4 Å². The number of amides is 1. The van der Waals surface area contributed by atoms with Crippen LogP contribution in [0.2, 0.25) is 0 Å². The average molecular weight is 300 g/mol. The molecule has 118 valence electrons. The first-order valence-electron chi connectivity index (χ1n) is 7.11. The molecule has 0 bridgehead atoms. The molecule has 0 heterocycles. The lowest BCUT2D eigenvalue weighted by molar-refractivity contribution is -0.130. The highest BCUT2D eigenvalue weighted by Gasteiger charge is 2.14. The zero-order valence-corrected chi connectivity index (χ0v) is 12.4. The predicted octanol–water partition coefficient (Wildman–Crippen LogP) is 1.85. The van der Waals surface area contributed by atoms with Gasteiger partial charge >= 0.3 is 0 Å². The third kappa shape index (κ3) is 5.40. The Labute approximate surface area is 123 Å². The van der Waals surface area contributed by atoms with Gasteiger partial charge in [0.05, 0.1) is 6.10 Å². The number of halogens is 2. The van der Waals surface area contributed by atoms with Gasteiger partial charge in [-0.3, -0.25) is 4.79 Å². The number of carbonyl (C=O) groups is 1. The molecule has 21 heavy (non-hydrogen) atoms. The van der Waals surface area contributed by atoms with E-state index in [4.69, 9.17) is 0 Å². The molecule has 0 spiro atoms. The first-order valence-corrected chi connectivity index (χ1v) is 7.11. The van der Waals surface area contributed by atoms with Crippen LogP contribution >= 0.6 is 0 Å². The summed E-state index contributed by atoms with van der Waals surface area (Å²) in [5, 5.41) is 12.7. The van der Waals surface area contributed by atoms with E-state index in [9.17, 15) is 18.7 Å². The number of hydrogen-bond acceptors (Lipinski definition) is 3. The highest BCUT2D eigenvalue weighted by molar-refractivity contribution is 5.76. The van der Waals surface area contributed by atoms with E-state index in [1.54, 1.807) is 4.90 Å². The topological polar surface area (TPSA) is 52.6 Å². The van der Waals surface area contributed by atoms with Gasteiger partial charge in [-0.1, -0.05) is 6.07 Å². The number of aliphatic hydroxyl groups is 1. The largest absolute Gasteiger partial charge is 0.387 e. The first kappa shape index (κ1) is 17.5. The van der Waals surface area contributed by atoms with Crippen molar-refractivity contribution in [2.24, 2.45) is 0 Å². The minimum Gasteiger partial charge on any atom is -0.387 e. The maximum atomic E-state index is 13.4. The summed E-state index contributed by atoms with van der Waals surface area (Å²) in [5.74, 6) is -1.42. The maximum Gasteiger partial charge on any atom is 0.223 e. The van der Waals surface area contributed by atoms with Crippen LogP contribution in [-0.4, -0.2) is 42.1 Å². The van der Waals surface area contributed by atoms with Crippen LogP contribution in [0.1, 0.15) is 31.9 Å². The number of nitrogens with zero attached hydrogens (tertiary/aromatic N) is 1. The predicted molar refractivity (Wildman–Crippen MR) is 76.7 cm³/mol. The second-order valence-electron chi connectivity index (χ2n) is 4.70. The van der Waals surface area contributed by atoms with Crippen LogP contribution in [0.25, 0.3) is 0 Å². The van der Waals surface area contributed by atoms with Gasteiger partial charge in [-0.2, -0.15) is 0 Å². The third-order valence-corrected chi connectivity index (χ3v) is 3.29. The van der Waals surface area contributed by atoms with Gasteiger partial charge in [0.2, 0.25) is 5.91 Å². The first-order chi connectivity index (χ1) is 9.99. The highest BCUT2D eigenvalue weighted by Crippen LogP contribution is 2.17. The fourth-order valence-electron chi connectivity index (χ4n) is 2.05. The lowest BCUT2D eigenvalue weighted by Gasteiger charge is -2.19. The number of aliphatic hydroxyl groups excluding tert-OH is 1. The van der Waals surface area contributed by atoms with Gasteiger partial charge in [0.15, 0.2) is 0 Å². The van der Waals surface area contributed by atoms with Crippen molar-refractivity contribution in [1.29, 1.82) is 0 Å². The number of benzene rings is 1. The minimum absolute atomic E-state index is 0.0370. The Morgan fingerprint density at radius 3 is 2.57 bits per heavy atom. The van der Waals surface area contributed by atoms with Crippen LogP contribution in [0.15, 0.2) is 18.2 Å². The third-order valence-electron chi connectivity index (χ3n) is 3.29. The summed E-state index contributed by atoms with van der Waals surface area (Å²) < 4.78 is 26.2. The monoisotopic (exact) mass is 300 g/mol. The summed E-state index contributed by atoms with van der Waals surface area (Å²) >= 11 is 0. The highest BCUT2D eigenvalue weighted by atomic mass is 19.1. The molecule has 1 amide bonds. The van der Waals surface area contributed by atoms with Gasteiger partial charge in [0.1, 0.15) is 11.6 Å². The molecule has 0 fully saturated rings. The molecule has 6 heteroatoms. The Morgan fingerprint density at radius 1 is 1.33 bits per heavy atom. The summed E-state index contributed by atoms with van der Waals surface area (Å²) in [7, 11) is 0. The van der Waals surface area contributed by atoms with Crippen LogP contribution in [-0.2, 0) is 4.79 Å². The maximum absolute atomic E-state index is 13.4. The summed E-state index contributed by atoms with van der Waals surface area (Å²) in [4.78, 5) is 13.5. The molecule has 0 saturated carbocycles. The van der Waals surface area contributed by atoms with Crippen molar-refractivity contribution in [3.8, 4) is 0 Å². The Morgan fingerprint density at radius 2 is 2.00 bits per heavy atom. The Balaban J connectivity index is 2.37. The molecule has 1 rings (SSSR count). The van der Waals surface area contributed by atoms with Gasteiger partial charge in [0.25, 0.3) is 0 Å². The van der Waals surface area contributed by atoms with Gasteiger partial charge in [-0.15, -0.1) is 0 Å². The van der Waals surface area contributed by atoms with E-state index in [2.05, 4.69) is 5.32 Å². The molecule has 1 aromatic carbocycles. The molecule has 0 saturated heterocycles. The lowest BCUT2D eigenvalue weighted by atomic mass is 10.1. The molecule has 0 aromatic heterocycles. The van der Waals surface area contributed by atoms with Crippen molar-refractivity contribution in [2.45, 2.75) is 26.4 Å². The smallest absolute Gasteiger partial charge is 0.223 e.